The van der Waals surface area contributed by atoms with Crippen molar-refractivity contribution in [2.75, 3.05) is 25.6 Å². The quantitative estimate of drug-likeness (QED) is 0.527. The second kappa shape index (κ2) is 7.51. The predicted octanol–water partition coefficient (Wildman–Crippen LogP) is 1.89. The molecule has 0 spiro atoms. The summed E-state index contributed by atoms with van der Waals surface area (Å²) in [6, 6.07) is 0. The lowest BCUT2D eigenvalue weighted by atomic mass is 10.3. The zero-order valence-corrected chi connectivity index (χ0v) is 10.4. The highest BCUT2D eigenvalue weighted by Gasteiger charge is 2.11. The van der Waals surface area contributed by atoms with Crippen LogP contribution in [0.25, 0.3) is 0 Å². The summed E-state index contributed by atoms with van der Waals surface area (Å²) < 4.78 is 10.7. The second-order valence-corrected chi connectivity index (χ2v) is 5.82. The molecule has 0 aromatic heterocycles. The second-order valence-electron chi connectivity index (χ2n) is 3.90. The van der Waals surface area contributed by atoms with E-state index in [2.05, 4.69) is 20.8 Å². The molecule has 0 aliphatic rings. The first kappa shape index (κ1) is 14.2. The zero-order valence-electron chi connectivity index (χ0n) is 9.58. The van der Waals surface area contributed by atoms with Gasteiger partial charge in [-0.3, -0.25) is 0 Å². The highest BCUT2D eigenvalue weighted by Crippen LogP contribution is 2.22. The monoisotopic (exact) mass is 222 g/mol. The van der Waals surface area contributed by atoms with Crippen molar-refractivity contribution in [3.8, 4) is 0 Å². The SMILES string of the molecule is CCOC(CO)OCCSC(C)(C)C. The van der Waals surface area contributed by atoms with Crippen LogP contribution in [0.5, 0.6) is 0 Å². The first-order valence-corrected chi connectivity index (χ1v) is 5.96. The van der Waals surface area contributed by atoms with E-state index in [1.807, 2.05) is 18.7 Å². The first-order chi connectivity index (χ1) is 6.49. The van der Waals surface area contributed by atoms with E-state index < -0.39 is 6.29 Å². The molecule has 4 heteroatoms. The van der Waals surface area contributed by atoms with E-state index in [1.165, 1.54) is 0 Å². The van der Waals surface area contributed by atoms with Crippen molar-refractivity contribution in [2.45, 2.75) is 38.7 Å². The number of hydrogen-bond donors (Lipinski definition) is 1. The van der Waals surface area contributed by atoms with Gasteiger partial charge < -0.3 is 14.6 Å². The standard InChI is InChI=1S/C10H22O3S/c1-5-12-9(8-11)13-6-7-14-10(2,3)4/h9,11H,5-8H2,1-4H3. The topological polar surface area (TPSA) is 38.7 Å². The molecule has 0 rings (SSSR count). The van der Waals surface area contributed by atoms with Gasteiger partial charge in [-0.25, -0.2) is 0 Å². The Labute approximate surface area is 91.2 Å². The van der Waals surface area contributed by atoms with E-state index in [0.29, 0.717) is 13.2 Å². The van der Waals surface area contributed by atoms with E-state index in [4.69, 9.17) is 14.6 Å². The van der Waals surface area contributed by atoms with Crippen LogP contribution < -0.4 is 0 Å². The highest BCUT2D eigenvalue weighted by molar-refractivity contribution is 8.00. The molecule has 86 valence electrons. The smallest absolute Gasteiger partial charge is 0.180 e. The average Bonchev–Trinajstić information content (AvgIpc) is 2.08. The van der Waals surface area contributed by atoms with Crippen molar-refractivity contribution in [2.24, 2.45) is 0 Å². The maximum Gasteiger partial charge on any atom is 0.180 e. The molecule has 0 saturated carbocycles. The molecule has 0 aromatic rings. The Bertz CT molecular complexity index is 134. The molecule has 3 nitrogen and oxygen atoms in total. The van der Waals surface area contributed by atoms with Crippen LogP contribution in [0.2, 0.25) is 0 Å². The van der Waals surface area contributed by atoms with Crippen molar-refractivity contribution in [3.05, 3.63) is 0 Å². The Kier molecular flexibility index (Phi) is 7.64. The van der Waals surface area contributed by atoms with Crippen LogP contribution in [0.1, 0.15) is 27.7 Å². The maximum atomic E-state index is 8.86. The molecule has 1 atom stereocenters. The normalized spacial score (nSPS) is 14.4. The van der Waals surface area contributed by atoms with Crippen molar-refractivity contribution < 1.29 is 14.6 Å². The Morgan fingerprint density at radius 3 is 2.36 bits per heavy atom. The van der Waals surface area contributed by atoms with Crippen molar-refractivity contribution in [3.63, 3.8) is 0 Å². The van der Waals surface area contributed by atoms with Crippen LogP contribution in [0.3, 0.4) is 0 Å². The van der Waals surface area contributed by atoms with E-state index in [9.17, 15) is 0 Å². The number of aliphatic hydroxyl groups excluding tert-OH is 1. The summed E-state index contributed by atoms with van der Waals surface area (Å²) >= 11 is 1.84. The maximum absolute atomic E-state index is 8.86. The van der Waals surface area contributed by atoms with Gasteiger partial charge in [0.25, 0.3) is 0 Å². The predicted molar refractivity (Wildman–Crippen MR) is 60.7 cm³/mol. The van der Waals surface area contributed by atoms with Crippen LogP contribution >= 0.6 is 11.8 Å². The van der Waals surface area contributed by atoms with E-state index in [1.54, 1.807) is 0 Å². The number of thioether (sulfide) groups is 1. The minimum absolute atomic E-state index is 0.0754. The number of ether oxygens (including phenoxy) is 2. The third kappa shape index (κ3) is 8.81. The molecular formula is C10H22O3S. The first-order valence-electron chi connectivity index (χ1n) is 4.97. The van der Waals surface area contributed by atoms with Crippen molar-refractivity contribution >= 4 is 11.8 Å². The summed E-state index contributed by atoms with van der Waals surface area (Å²) in [7, 11) is 0. The Morgan fingerprint density at radius 2 is 1.93 bits per heavy atom. The molecule has 0 fully saturated rings. The summed E-state index contributed by atoms with van der Waals surface area (Å²) in [4.78, 5) is 0. The summed E-state index contributed by atoms with van der Waals surface area (Å²) in [5, 5.41) is 8.86. The van der Waals surface area contributed by atoms with Crippen molar-refractivity contribution in [1.29, 1.82) is 0 Å². The molecule has 0 heterocycles. The van der Waals surface area contributed by atoms with Crippen LogP contribution in [0.4, 0.5) is 0 Å². The number of aliphatic hydroxyl groups is 1. The lowest BCUT2D eigenvalue weighted by Crippen LogP contribution is -2.23. The number of rotatable bonds is 7. The molecule has 0 bridgehead atoms. The van der Waals surface area contributed by atoms with Crippen LogP contribution in [0, 0.1) is 0 Å². The van der Waals surface area contributed by atoms with E-state index in [-0.39, 0.29) is 11.4 Å². The lowest BCUT2D eigenvalue weighted by molar-refractivity contribution is -0.156. The van der Waals surface area contributed by atoms with Crippen LogP contribution in [0.15, 0.2) is 0 Å². The molecule has 0 aliphatic heterocycles. The fourth-order valence-corrected chi connectivity index (χ4v) is 1.66. The average molecular weight is 222 g/mol. The van der Waals surface area contributed by atoms with Gasteiger partial charge in [-0.1, -0.05) is 20.8 Å². The fraction of sp³-hybridized carbons (Fsp3) is 1.00. The molecular weight excluding hydrogens is 200 g/mol. The molecule has 0 radical (unpaired) electrons. The lowest BCUT2D eigenvalue weighted by Gasteiger charge is -2.19. The fourth-order valence-electron chi connectivity index (χ4n) is 0.867. The Morgan fingerprint density at radius 1 is 1.29 bits per heavy atom. The molecule has 0 saturated heterocycles. The van der Waals surface area contributed by atoms with Crippen LogP contribution in [-0.2, 0) is 9.47 Å². The molecule has 1 unspecified atom stereocenters. The molecule has 0 aromatic carbocycles. The number of hydrogen-bond acceptors (Lipinski definition) is 4. The molecule has 0 amide bonds. The Balaban J connectivity index is 3.42. The van der Waals surface area contributed by atoms with Gasteiger partial charge in [-0.05, 0) is 6.92 Å². The van der Waals surface area contributed by atoms with Gasteiger partial charge in [0.2, 0.25) is 0 Å². The third-order valence-electron chi connectivity index (χ3n) is 1.42. The molecule has 14 heavy (non-hydrogen) atoms. The van der Waals surface area contributed by atoms with E-state index in [0.717, 1.165) is 5.75 Å². The largest absolute Gasteiger partial charge is 0.391 e. The summed E-state index contributed by atoms with van der Waals surface area (Å²) in [5.41, 5.74) is 0. The highest BCUT2D eigenvalue weighted by atomic mass is 32.2. The summed E-state index contributed by atoms with van der Waals surface area (Å²) in [6.07, 6.45) is -0.458. The van der Waals surface area contributed by atoms with Gasteiger partial charge in [0, 0.05) is 17.1 Å². The van der Waals surface area contributed by atoms with E-state index >= 15 is 0 Å². The minimum Gasteiger partial charge on any atom is -0.391 e. The zero-order chi connectivity index (χ0) is 11.0. The van der Waals surface area contributed by atoms with Gasteiger partial charge in [-0.15, -0.1) is 0 Å². The molecule has 0 aliphatic carbocycles. The van der Waals surface area contributed by atoms with Gasteiger partial charge in [-0.2, -0.15) is 11.8 Å². The van der Waals surface area contributed by atoms with Crippen LogP contribution in [-0.4, -0.2) is 41.7 Å². The van der Waals surface area contributed by atoms with Gasteiger partial charge >= 0.3 is 0 Å². The minimum atomic E-state index is -0.458. The van der Waals surface area contributed by atoms with Crippen molar-refractivity contribution in [1.82, 2.24) is 0 Å². The summed E-state index contributed by atoms with van der Waals surface area (Å²) in [5.74, 6) is 0.924. The summed E-state index contributed by atoms with van der Waals surface area (Å²) in [6.45, 7) is 9.51. The Hall–Kier alpha value is 0.230. The molecule has 1 N–H and O–H groups in total. The van der Waals surface area contributed by atoms with Gasteiger partial charge in [0.1, 0.15) is 0 Å². The van der Waals surface area contributed by atoms with Gasteiger partial charge in [0.05, 0.1) is 13.2 Å². The van der Waals surface area contributed by atoms with Gasteiger partial charge in [0.15, 0.2) is 6.29 Å². The third-order valence-corrected chi connectivity index (χ3v) is 2.66.